The van der Waals surface area contributed by atoms with Crippen molar-refractivity contribution >= 4 is 14.2 Å². The Balaban J connectivity index is 2.29. The van der Waals surface area contributed by atoms with Crippen LogP contribution in [0.1, 0.15) is 48.5 Å². The highest BCUT2D eigenvalue weighted by Crippen LogP contribution is 2.47. The van der Waals surface area contributed by atoms with E-state index in [1.165, 1.54) is 0 Å². The molecule has 0 spiro atoms. The van der Waals surface area contributed by atoms with Crippen LogP contribution in [0.4, 0.5) is 0 Å². The summed E-state index contributed by atoms with van der Waals surface area (Å²) in [4.78, 5) is 0. The molecule has 2 heterocycles. The Morgan fingerprint density at radius 1 is 0.611 bits per heavy atom. The normalized spacial score (nSPS) is 37.3. The summed E-state index contributed by atoms with van der Waals surface area (Å²) < 4.78 is 24.0. The van der Waals surface area contributed by atoms with Crippen molar-refractivity contribution in [3.05, 3.63) is 0 Å². The van der Waals surface area contributed by atoms with Crippen molar-refractivity contribution in [3.8, 4) is 0 Å². The first-order valence-corrected chi connectivity index (χ1v) is 6.63. The summed E-state index contributed by atoms with van der Waals surface area (Å²) in [6.07, 6.45) is 0. The molecule has 1 atom stereocenters. The van der Waals surface area contributed by atoms with E-state index in [0.29, 0.717) is 0 Å². The lowest BCUT2D eigenvalue weighted by atomic mass is 9.60. The Morgan fingerprint density at radius 2 is 1.06 bits per heavy atom. The van der Waals surface area contributed by atoms with Crippen LogP contribution in [0.25, 0.3) is 0 Å². The molecule has 0 radical (unpaired) electrons. The minimum atomic E-state index is -0.614. The van der Waals surface area contributed by atoms with E-state index in [9.17, 15) is 0 Å². The molecule has 2 fully saturated rings. The fourth-order valence-corrected chi connectivity index (χ4v) is 2.45. The Hall–Kier alpha value is -0.0301. The molecule has 4 nitrogen and oxygen atoms in total. The summed E-state index contributed by atoms with van der Waals surface area (Å²) >= 11 is 0. The highest BCUT2D eigenvalue weighted by molar-refractivity contribution is 6.54. The van der Waals surface area contributed by atoms with Gasteiger partial charge in [-0.1, -0.05) is 0 Å². The van der Waals surface area contributed by atoms with Gasteiger partial charge in [-0.2, -0.15) is 0 Å². The lowest BCUT2D eigenvalue weighted by Gasteiger charge is -2.37. The highest BCUT2D eigenvalue weighted by Gasteiger charge is 2.67. The van der Waals surface area contributed by atoms with Gasteiger partial charge in [0.1, 0.15) is 5.50 Å². The fourth-order valence-electron chi connectivity index (χ4n) is 2.45. The van der Waals surface area contributed by atoms with Gasteiger partial charge in [0.25, 0.3) is 0 Å². The molecule has 1 unspecified atom stereocenters. The molecule has 0 amide bonds. The first-order chi connectivity index (χ1) is 7.91. The van der Waals surface area contributed by atoms with E-state index in [0.717, 1.165) is 0 Å². The van der Waals surface area contributed by atoms with Crippen molar-refractivity contribution < 1.29 is 18.6 Å². The number of hydrogen-bond acceptors (Lipinski definition) is 4. The van der Waals surface area contributed by atoms with Gasteiger partial charge in [-0.25, -0.2) is 0 Å². The molecule has 0 saturated carbocycles. The molecular formula is C12H24B2O4. The van der Waals surface area contributed by atoms with Gasteiger partial charge in [0.2, 0.25) is 0 Å². The predicted molar refractivity (Wildman–Crippen MR) is 72.4 cm³/mol. The van der Waals surface area contributed by atoms with Crippen molar-refractivity contribution in [1.29, 1.82) is 0 Å². The fraction of sp³-hybridized carbons (Fsp3) is 1.00. The molecule has 0 bridgehead atoms. The third-order valence-electron chi connectivity index (χ3n) is 4.77. The SMILES string of the molecule is CB1OC(C)(C)C(C)(B2OC(C)(C)C(C)(C)O2)O1. The number of rotatable bonds is 1. The van der Waals surface area contributed by atoms with Crippen LogP contribution in [0.15, 0.2) is 0 Å². The summed E-state index contributed by atoms with van der Waals surface area (Å²) in [5, 5.41) is 0. The second-order valence-corrected chi connectivity index (χ2v) is 7.01. The van der Waals surface area contributed by atoms with E-state index in [1.54, 1.807) is 0 Å². The second kappa shape index (κ2) is 3.75. The van der Waals surface area contributed by atoms with Crippen molar-refractivity contribution in [1.82, 2.24) is 0 Å². The van der Waals surface area contributed by atoms with Crippen LogP contribution in [0.2, 0.25) is 6.82 Å². The van der Waals surface area contributed by atoms with Crippen LogP contribution in [-0.4, -0.2) is 36.5 Å². The van der Waals surface area contributed by atoms with E-state index in [2.05, 4.69) is 0 Å². The smallest absolute Gasteiger partial charge is 0.404 e. The van der Waals surface area contributed by atoms with E-state index < -0.39 is 18.2 Å². The average Bonchev–Trinajstić information content (AvgIpc) is 2.45. The van der Waals surface area contributed by atoms with Crippen LogP contribution in [-0.2, 0) is 18.6 Å². The molecule has 0 aromatic heterocycles. The zero-order valence-electron chi connectivity index (χ0n) is 12.8. The maximum atomic E-state index is 6.11. The first kappa shape index (κ1) is 14.4. The Bertz CT molecular complexity index is 340. The summed E-state index contributed by atoms with van der Waals surface area (Å²) in [7, 11) is -0.675. The topological polar surface area (TPSA) is 36.9 Å². The minimum Gasteiger partial charge on any atom is -0.404 e. The standard InChI is InChI=1S/C12H24B2O4/c1-9(2)10(3,4)17-14(16-9)12(7)11(5,6)15-13(8)18-12/h1-8H3. The van der Waals surface area contributed by atoms with Crippen LogP contribution in [0.5, 0.6) is 0 Å². The Kier molecular flexibility index (Phi) is 3.00. The van der Waals surface area contributed by atoms with Gasteiger partial charge in [0.05, 0.1) is 16.8 Å². The lowest BCUT2D eigenvalue weighted by molar-refractivity contribution is 0.00578. The molecule has 2 aliphatic rings. The molecule has 18 heavy (non-hydrogen) atoms. The third-order valence-corrected chi connectivity index (χ3v) is 4.77. The highest BCUT2D eigenvalue weighted by atomic mass is 16.7. The summed E-state index contributed by atoms with van der Waals surface area (Å²) in [5.41, 5.74) is -1.77. The monoisotopic (exact) mass is 254 g/mol. The molecule has 2 aliphatic heterocycles. The zero-order chi connectivity index (χ0) is 14.0. The molecule has 0 aromatic carbocycles. The maximum absolute atomic E-state index is 6.11. The zero-order valence-corrected chi connectivity index (χ0v) is 12.8. The summed E-state index contributed by atoms with van der Waals surface area (Å²) in [5.74, 6) is 0. The molecule has 0 aromatic rings. The van der Waals surface area contributed by atoms with E-state index >= 15 is 0 Å². The Morgan fingerprint density at radius 3 is 1.39 bits per heavy atom. The van der Waals surface area contributed by atoms with Crippen molar-refractivity contribution in [2.24, 2.45) is 0 Å². The van der Waals surface area contributed by atoms with Crippen LogP contribution in [0.3, 0.4) is 0 Å². The van der Waals surface area contributed by atoms with Crippen molar-refractivity contribution in [2.45, 2.75) is 77.6 Å². The second-order valence-electron chi connectivity index (χ2n) is 7.01. The molecule has 0 aliphatic carbocycles. The summed E-state index contributed by atoms with van der Waals surface area (Å²) in [6.45, 7) is 16.1. The van der Waals surface area contributed by atoms with Crippen molar-refractivity contribution in [3.63, 3.8) is 0 Å². The van der Waals surface area contributed by atoms with Gasteiger partial charge in [-0.05, 0) is 55.3 Å². The van der Waals surface area contributed by atoms with Crippen LogP contribution >= 0.6 is 0 Å². The van der Waals surface area contributed by atoms with Gasteiger partial charge >= 0.3 is 14.2 Å². The third kappa shape index (κ3) is 1.85. The average molecular weight is 254 g/mol. The Labute approximate surface area is 111 Å². The molecule has 102 valence electrons. The van der Waals surface area contributed by atoms with E-state index in [4.69, 9.17) is 18.6 Å². The largest absolute Gasteiger partial charge is 0.493 e. The lowest BCUT2D eigenvalue weighted by Crippen LogP contribution is -2.58. The van der Waals surface area contributed by atoms with Gasteiger partial charge < -0.3 is 18.6 Å². The summed E-state index contributed by atoms with van der Waals surface area (Å²) in [6, 6.07) is 0. The molecule has 0 N–H and O–H groups in total. The maximum Gasteiger partial charge on any atom is 0.493 e. The van der Waals surface area contributed by atoms with Gasteiger partial charge in [0.15, 0.2) is 0 Å². The predicted octanol–water partition coefficient (Wildman–Crippen LogP) is 2.32. The minimum absolute atomic E-state index is 0.246. The molecule has 6 heteroatoms. The number of hydrogen-bond donors (Lipinski definition) is 0. The quantitative estimate of drug-likeness (QED) is 0.673. The first-order valence-electron chi connectivity index (χ1n) is 6.63. The van der Waals surface area contributed by atoms with Gasteiger partial charge in [-0.15, -0.1) is 0 Å². The molecule has 2 rings (SSSR count). The molecule has 2 saturated heterocycles. The molecular weight excluding hydrogens is 230 g/mol. The van der Waals surface area contributed by atoms with E-state index in [-0.39, 0.29) is 18.3 Å². The van der Waals surface area contributed by atoms with Crippen LogP contribution < -0.4 is 0 Å². The van der Waals surface area contributed by atoms with Crippen LogP contribution in [0, 0.1) is 0 Å². The van der Waals surface area contributed by atoms with Gasteiger partial charge in [-0.3, -0.25) is 0 Å². The van der Waals surface area contributed by atoms with Gasteiger partial charge in [0, 0.05) is 0 Å². The van der Waals surface area contributed by atoms with Crippen molar-refractivity contribution in [2.75, 3.05) is 0 Å². The van der Waals surface area contributed by atoms with E-state index in [1.807, 2.05) is 55.3 Å².